The van der Waals surface area contributed by atoms with Crippen molar-refractivity contribution < 1.29 is 14.7 Å². The van der Waals surface area contributed by atoms with Crippen LogP contribution in [0.25, 0.3) is 11.1 Å². The zero-order valence-electron chi connectivity index (χ0n) is 19.9. The zero-order valence-corrected chi connectivity index (χ0v) is 20.7. The molecule has 0 saturated heterocycles. The first-order chi connectivity index (χ1) is 17.3. The van der Waals surface area contributed by atoms with Crippen LogP contribution in [0.3, 0.4) is 0 Å². The number of aryl methyl sites for hydroxylation is 2. The summed E-state index contributed by atoms with van der Waals surface area (Å²) >= 11 is 6.63. The molecule has 1 heterocycles. The van der Waals surface area contributed by atoms with E-state index in [1.807, 2.05) is 80.6 Å². The number of carbonyl (C=O) groups is 2. The number of carboxylic acid groups (broad SMARTS) is 1. The number of carbonyl (C=O) groups excluding carboxylic acids is 1. The molecule has 0 aliphatic carbocycles. The van der Waals surface area contributed by atoms with E-state index in [4.69, 9.17) is 11.6 Å². The van der Waals surface area contributed by atoms with E-state index < -0.39 is 24.0 Å². The summed E-state index contributed by atoms with van der Waals surface area (Å²) in [6.45, 7) is 3.94. The van der Waals surface area contributed by atoms with Crippen molar-refractivity contribution in [3.8, 4) is 11.1 Å². The average molecular weight is 500 g/mol. The number of halogens is 1. The maximum Gasteiger partial charge on any atom is 0.405 e. The summed E-state index contributed by atoms with van der Waals surface area (Å²) < 4.78 is 0. The monoisotopic (exact) mass is 499 g/mol. The van der Waals surface area contributed by atoms with Crippen molar-refractivity contribution in [3.63, 3.8) is 0 Å². The van der Waals surface area contributed by atoms with E-state index >= 15 is 0 Å². The topological polar surface area (TPSA) is 91.3 Å². The fraction of sp³-hybridized carbons (Fsp3) is 0.138. The van der Waals surface area contributed by atoms with Gasteiger partial charge in [-0.15, -0.1) is 0 Å². The van der Waals surface area contributed by atoms with E-state index in [0.717, 1.165) is 33.4 Å². The number of hydrogen-bond donors (Lipinski definition) is 3. The van der Waals surface area contributed by atoms with E-state index in [-0.39, 0.29) is 0 Å². The molecule has 4 aromatic rings. The lowest BCUT2D eigenvalue weighted by molar-refractivity contribution is -0.118. The standard InChI is InChI=1S/C29H26ClN3O3/c1-18-16-31-17-19(2)25(18)23-14-13-22(15-24(23)30)32-28(34)27(33-29(35)36)26(20-9-5-3-6-10-20)21-11-7-4-8-12-21/h3-17,26-27,33H,1-2H3,(H,32,34)(H,35,36)/t27-/m0/s1. The van der Waals surface area contributed by atoms with Crippen molar-refractivity contribution in [2.24, 2.45) is 0 Å². The Morgan fingerprint density at radius 1 is 0.861 bits per heavy atom. The molecule has 36 heavy (non-hydrogen) atoms. The van der Waals surface area contributed by atoms with Crippen LogP contribution in [-0.4, -0.2) is 28.1 Å². The molecular formula is C29H26ClN3O3. The van der Waals surface area contributed by atoms with Crippen LogP contribution < -0.4 is 10.6 Å². The van der Waals surface area contributed by atoms with Crippen LogP contribution in [0.4, 0.5) is 10.5 Å². The summed E-state index contributed by atoms with van der Waals surface area (Å²) in [6.07, 6.45) is 2.28. The third kappa shape index (κ3) is 5.56. The first kappa shape index (κ1) is 24.9. The smallest absolute Gasteiger partial charge is 0.405 e. The third-order valence-corrected chi connectivity index (χ3v) is 6.36. The van der Waals surface area contributed by atoms with Crippen LogP contribution >= 0.6 is 11.6 Å². The molecule has 0 aliphatic rings. The van der Waals surface area contributed by atoms with Gasteiger partial charge in [0.05, 0.1) is 5.02 Å². The molecular weight excluding hydrogens is 474 g/mol. The molecule has 3 aromatic carbocycles. The van der Waals surface area contributed by atoms with Gasteiger partial charge in [-0.25, -0.2) is 4.79 Å². The van der Waals surface area contributed by atoms with Crippen LogP contribution in [0.1, 0.15) is 28.2 Å². The molecule has 0 saturated carbocycles. The van der Waals surface area contributed by atoms with Crippen molar-refractivity contribution in [2.45, 2.75) is 25.8 Å². The van der Waals surface area contributed by atoms with Crippen LogP contribution in [0, 0.1) is 13.8 Å². The van der Waals surface area contributed by atoms with E-state index in [0.29, 0.717) is 10.7 Å². The van der Waals surface area contributed by atoms with Crippen molar-refractivity contribution in [2.75, 3.05) is 5.32 Å². The summed E-state index contributed by atoms with van der Waals surface area (Å²) in [4.78, 5) is 29.5. The van der Waals surface area contributed by atoms with Crippen LogP contribution in [0.15, 0.2) is 91.3 Å². The molecule has 0 unspecified atom stereocenters. The van der Waals surface area contributed by atoms with E-state index in [1.165, 1.54) is 0 Å². The van der Waals surface area contributed by atoms with Gasteiger partial charge in [0, 0.05) is 29.6 Å². The highest BCUT2D eigenvalue weighted by Gasteiger charge is 2.32. The van der Waals surface area contributed by atoms with Crippen LogP contribution in [0.5, 0.6) is 0 Å². The lowest BCUT2D eigenvalue weighted by Crippen LogP contribution is -2.47. The minimum atomic E-state index is -1.29. The maximum atomic E-state index is 13.5. The fourth-order valence-corrected chi connectivity index (χ4v) is 4.75. The SMILES string of the molecule is Cc1cncc(C)c1-c1ccc(NC(=O)[C@@H](NC(=O)O)C(c2ccccc2)c2ccccc2)cc1Cl. The molecule has 1 atom stereocenters. The first-order valence-electron chi connectivity index (χ1n) is 11.5. The Kier molecular flexibility index (Phi) is 7.66. The molecule has 1 aromatic heterocycles. The predicted octanol–water partition coefficient (Wildman–Crippen LogP) is 6.43. The number of nitrogens with one attached hydrogen (secondary N) is 2. The summed E-state index contributed by atoms with van der Waals surface area (Å²) in [5.74, 6) is -1.03. The molecule has 0 fully saturated rings. The number of pyridine rings is 1. The Morgan fingerprint density at radius 2 is 1.42 bits per heavy atom. The number of anilines is 1. The van der Waals surface area contributed by atoms with Gasteiger partial charge in [-0.1, -0.05) is 78.3 Å². The molecule has 0 bridgehead atoms. The Hall–Kier alpha value is -4.16. The minimum absolute atomic E-state index is 0.468. The normalized spacial score (nSPS) is 11.7. The van der Waals surface area contributed by atoms with E-state index in [1.54, 1.807) is 24.5 Å². The van der Waals surface area contributed by atoms with Gasteiger partial charge >= 0.3 is 6.09 Å². The minimum Gasteiger partial charge on any atom is -0.465 e. The lowest BCUT2D eigenvalue weighted by atomic mass is 9.84. The molecule has 7 heteroatoms. The number of amides is 2. The molecule has 0 spiro atoms. The summed E-state index contributed by atoms with van der Waals surface area (Å²) in [5.41, 5.74) is 5.91. The third-order valence-electron chi connectivity index (χ3n) is 6.04. The van der Waals surface area contributed by atoms with Gasteiger partial charge in [0.2, 0.25) is 5.91 Å². The van der Waals surface area contributed by atoms with Gasteiger partial charge in [0.25, 0.3) is 0 Å². The molecule has 6 nitrogen and oxygen atoms in total. The molecule has 182 valence electrons. The fourth-order valence-electron chi connectivity index (χ4n) is 4.47. The van der Waals surface area contributed by atoms with Gasteiger partial charge in [0.1, 0.15) is 6.04 Å². The predicted molar refractivity (Wildman–Crippen MR) is 142 cm³/mol. The number of aromatic nitrogens is 1. The largest absolute Gasteiger partial charge is 0.465 e. The van der Waals surface area contributed by atoms with Crippen molar-refractivity contribution in [3.05, 3.63) is 119 Å². The highest BCUT2D eigenvalue weighted by Crippen LogP contribution is 2.35. The molecule has 4 rings (SSSR count). The van der Waals surface area contributed by atoms with Crippen LogP contribution in [0.2, 0.25) is 5.02 Å². The maximum absolute atomic E-state index is 13.5. The second-order valence-corrected chi connectivity index (χ2v) is 8.97. The summed E-state index contributed by atoms with van der Waals surface area (Å²) in [7, 11) is 0. The Labute approximate surface area is 215 Å². The second kappa shape index (κ2) is 11.1. The zero-order chi connectivity index (χ0) is 25.7. The van der Waals surface area contributed by atoms with Gasteiger partial charge in [-0.2, -0.15) is 0 Å². The van der Waals surface area contributed by atoms with E-state index in [9.17, 15) is 14.7 Å². The van der Waals surface area contributed by atoms with Crippen molar-refractivity contribution >= 4 is 29.3 Å². The highest BCUT2D eigenvalue weighted by molar-refractivity contribution is 6.33. The molecule has 3 N–H and O–H groups in total. The van der Waals surface area contributed by atoms with Gasteiger partial charge in [-0.3, -0.25) is 9.78 Å². The Morgan fingerprint density at radius 3 is 1.92 bits per heavy atom. The molecule has 0 radical (unpaired) electrons. The van der Waals surface area contributed by atoms with Gasteiger partial charge < -0.3 is 15.7 Å². The molecule has 2 amide bonds. The number of nitrogens with zero attached hydrogens (tertiary/aromatic N) is 1. The van der Waals surface area contributed by atoms with Gasteiger partial charge in [0.15, 0.2) is 0 Å². The number of rotatable bonds is 7. The average Bonchev–Trinajstić information content (AvgIpc) is 2.86. The number of hydrogen-bond acceptors (Lipinski definition) is 3. The highest BCUT2D eigenvalue weighted by atomic mass is 35.5. The molecule has 0 aliphatic heterocycles. The Balaban J connectivity index is 1.68. The van der Waals surface area contributed by atoms with Gasteiger partial charge in [-0.05, 0) is 53.8 Å². The first-order valence-corrected chi connectivity index (χ1v) is 11.8. The second-order valence-electron chi connectivity index (χ2n) is 8.56. The van der Waals surface area contributed by atoms with Crippen LogP contribution in [-0.2, 0) is 4.79 Å². The quantitative estimate of drug-likeness (QED) is 0.273. The number of benzene rings is 3. The van der Waals surface area contributed by atoms with Crippen molar-refractivity contribution in [1.82, 2.24) is 10.3 Å². The summed E-state index contributed by atoms with van der Waals surface area (Å²) in [5, 5.41) is 15.3. The lowest BCUT2D eigenvalue weighted by Gasteiger charge is -2.27. The summed E-state index contributed by atoms with van der Waals surface area (Å²) in [6, 6.07) is 22.9. The van der Waals surface area contributed by atoms with Crippen molar-refractivity contribution in [1.29, 1.82) is 0 Å². The van der Waals surface area contributed by atoms with E-state index in [2.05, 4.69) is 15.6 Å². The Bertz CT molecular complexity index is 1320.